The molecule has 0 atom stereocenters. The summed E-state index contributed by atoms with van der Waals surface area (Å²) >= 11 is 3.34. The molecular weight excluding hydrogens is 422 g/mol. The maximum absolute atomic E-state index is 13.1. The van der Waals surface area contributed by atoms with E-state index >= 15 is 0 Å². The van der Waals surface area contributed by atoms with Crippen LogP contribution >= 0.6 is 15.9 Å². The van der Waals surface area contributed by atoms with Gasteiger partial charge in [0.05, 0.1) is 22.0 Å². The molecule has 0 spiro atoms. The minimum atomic E-state index is -3.78. The van der Waals surface area contributed by atoms with Crippen molar-refractivity contribution in [3.8, 4) is 5.75 Å². The maximum Gasteiger partial charge on any atom is 0.241 e. The van der Waals surface area contributed by atoms with Gasteiger partial charge >= 0.3 is 0 Å². The molecule has 9 heteroatoms. The second-order valence-corrected chi connectivity index (χ2v) is 9.07. The van der Waals surface area contributed by atoms with E-state index < -0.39 is 15.6 Å². The molecule has 0 aliphatic heterocycles. The lowest BCUT2D eigenvalue weighted by atomic mass is 9.91. The van der Waals surface area contributed by atoms with Crippen LogP contribution in [0, 0.1) is 6.92 Å². The quantitative estimate of drug-likeness (QED) is 0.708. The van der Waals surface area contributed by atoms with Crippen LogP contribution in [0.5, 0.6) is 5.75 Å². The van der Waals surface area contributed by atoms with Gasteiger partial charge < -0.3 is 9.26 Å². The molecule has 26 heavy (non-hydrogen) atoms. The first-order chi connectivity index (χ1) is 12.4. The molecule has 1 fully saturated rings. The fraction of sp³-hybridized carbons (Fsp3) is 0.529. The molecule has 0 saturated heterocycles. The molecule has 0 radical (unpaired) electrons. The van der Waals surface area contributed by atoms with Crippen molar-refractivity contribution in [2.45, 2.75) is 55.9 Å². The van der Waals surface area contributed by atoms with Gasteiger partial charge in [0.25, 0.3) is 0 Å². The van der Waals surface area contributed by atoms with Crippen molar-refractivity contribution < 1.29 is 17.7 Å². The molecule has 1 N–H and O–H groups in total. The molecule has 0 unspecified atom stereocenters. The molecule has 3 rings (SSSR count). The van der Waals surface area contributed by atoms with Crippen LogP contribution in [0.25, 0.3) is 0 Å². The van der Waals surface area contributed by atoms with Gasteiger partial charge in [-0.2, -0.15) is 9.71 Å². The normalized spacial score (nSPS) is 17.7. The summed E-state index contributed by atoms with van der Waals surface area (Å²) in [5.74, 6) is 1.41. The predicted octanol–water partition coefficient (Wildman–Crippen LogP) is 3.68. The predicted molar refractivity (Wildman–Crippen MR) is 99.4 cm³/mol. The second-order valence-electron chi connectivity index (χ2n) is 6.54. The zero-order chi connectivity index (χ0) is 18.8. The van der Waals surface area contributed by atoms with E-state index in [2.05, 4.69) is 30.8 Å². The van der Waals surface area contributed by atoms with Crippen LogP contribution < -0.4 is 9.46 Å². The van der Waals surface area contributed by atoms with Crippen LogP contribution in [0.2, 0.25) is 0 Å². The first-order valence-electron chi connectivity index (χ1n) is 8.55. The minimum Gasteiger partial charge on any atom is -0.496 e. The SMILES string of the molecule is COc1ccc(S(=O)(=O)NC2(c3noc(C)n3)CCCCCC2)cc1Br. The number of aromatic nitrogens is 2. The van der Waals surface area contributed by atoms with Crippen molar-refractivity contribution in [1.82, 2.24) is 14.9 Å². The molecule has 1 saturated carbocycles. The van der Waals surface area contributed by atoms with Gasteiger partial charge in [-0.25, -0.2) is 8.42 Å². The number of ether oxygens (including phenoxy) is 1. The zero-order valence-corrected chi connectivity index (χ0v) is 17.2. The molecule has 142 valence electrons. The molecule has 1 aliphatic carbocycles. The van der Waals surface area contributed by atoms with E-state index in [1.165, 1.54) is 19.2 Å². The summed E-state index contributed by atoms with van der Waals surface area (Å²) in [5.41, 5.74) is -0.848. The average molecular weight is 444 g/mol. The van der Waals surface area contributed by atoms with Crippen molar-refractivity contribution >= 4 is 26.0 Å². The highest BCUT2D eigenvalue weighted by molar-refractivity contribution is 9.10. The Hall–Kier alpha value is -1.45. The van der Waals surface area contributed by atoms with E-state index in [1.807, 2.05) is 0 Å². The third-order valence-electron chi connectivity index (χ3n) is 4.68. The summed E-state index contributed by atoms with van der Waals surface area (Å²) in [7, 11) is -2.24. The van der Waals surface area contributed by atoms with Crippen LogP contribution in [0.3, 0.4) is 0 Å². The lowest BCUT2D eigenvalue weighted by Crippen LogP contribution is -2.46. The van der Waals surface area contributed by atoms with Gasteiger partial charge in [-0.1, -0.05) is 30.8 Å². The molecule has 1 heterocycles. The Bertz CT molecular complexity index is 874. The number of hydrogen-bond donors (Lipinski definition) is 1. The number of aryl methyl sites for hydroxylation is 1. The Balaban J connectivity index is 1.99. The third kappa shape index (κ3) is 3.94. The number of nitrogens with one attached hydrogen (secondary N) is 1. The molecule has 1 aliphatic rings. The van der Waals surface area contributed by atoms with Gasteiger partial charge in [0.15, 0.2) is 5.82 Å². The molecule has 1 aromatic heterocycles. The van der Waals surface area contributed by atoms with Gasteiger partial charge in [-0.15, -0.1) is 0 Å². The number of rotatable bonds is 5. The van der Waals surface area contributed by atoms with Crippen LogP contribution in [0.4, 0.5) is 0 Å². The van der Waals surface area contributed by atoms with Crippen LogP contribution in [-0.2, 0) is 15.6 Å². The largest absolute Gasteiger partial charge is 0.496 e. The topological polar surface area (TPSA) is 94.3 Å². The number of methoxy groups -OCH3 is 1. The highest BCUT2D eigenvalue weighted by Gasteiger charge is 2.41. The number of sulfonamides is 1. The molecule has 7 nitrogen and oxygen atoms in total. The van der Waals surface area contributed by atoms with E-state index in [-0.39, 0.29) is 4.90 Å². The van der Waals surface area contributed by atoms with Crippen molar-refractivity contribution in [2.24, 2.45) is 0 Å². The lowest BCUT2D eigenvalue weighted by molar-refractivity contribution is 0.301. The zero-order valence-electron chi connectivity index (χ0n) is 14.8. The van der Waals surface area contributed by atoms with Crippen LogP contribution in [-0.4, -0.2) is 25.7 Å². The Morgan fingerprint density at radius 2 is 1.92 bits per heavy atom. The summed E-state index contributed by atoms with van der Waals surface area (Å²) in [6.07, 6.45) is 5.22. The standard InChI is InChI=1S/C17H22BrN3O4S/c1-12-19-16(20-25-12)17(9-5-3-4-6-10-17)21-26(22,23)13-7-8-15(24-2)14(18)11-13/h7-8,11,21H,3-6,9-10H2,1-2H3. The highest BCUT2D eigenvalue weighted by Crippen LogP contribution is 2.36. The number of halogens is 1. The number of nitrogens with zero attached hydrogens (tertiary/aromatic N) is 2. The highest BCUT2D eigenvalue weighted by atomic mass is 79.9. The van der Waals surface area contributed by atoms with Crippen molar-refractivity contribution in [3.63, 3.8) is 0 Å². The van der Waals surface area contributed by atoms with E-state index in [0.29, 0.717) is 34.8 Å². The summed E-state index contributed by atoms with van der Waals surface area (Å²) < 4.78 is 40.0. The summed E-state index contributed by atoms with van der Waals surface area (Å²) in [6.45, 7) is 1.70. The van der Waals surface area contributed by atoms with Crippen LogP contribution in [0.1, 0.15) is 50.2 Å². The van der Waals surface area contributed by atoms with Crippen molar-refractivity contribution in [1.29, 1.82) is 0 Å². The molecule has 2 aromatic rings. The summed E-state index contributed by atoms with van der Waals surface area (Å²) in [4.78, 5) is 4.50. The summed E-state index contributed by atoms with van der Waals surface area (Å²) in [6, 6.07) is 4.68. The lowest BCUT2D eigenvalue weighted by Gasteiger charge is -2.30. The molecule has 0 amide bonds. The van der Waals surface area contributed by atoms with Gasteiger partial charge in [0, 0.05) is 6.92 Å². The van der Waals surface area contributed by atoms with Gasteiger partial charge in [0.2, 0.25) is 15.9 Å². The Labute approximate surface area is 161 Å². The van der Waals surface area contributed by atoms with Crippen LogP contribution in [0.15, 0.2) is 32.1 Å². The Kier molecular flexibility index (Phi) is 5.69. The van der Waals surface area contributed by atoms with Crippen molar-refractivity contribution in [2.75, 3.05) is 7.11 Å². The third-order valence-corrected chi connectivity index (χ3v) is 6.83. The molecule has 1 aromatic carbocycles. The smallest absolute Gasteiger partial charge is 0.241 e. The summed E-state index contributed by atoms with van der Waals surface area (Å²) in [5, 5.41) is 4.03. The number of hydrogen-bond acceptors (Lipinski definition) is 6. The molecule has 0 bridgehead atoms. The van der Waals surface area contributed by atoms with Gasteiger partial charge in [-0.05, 0) is 47.0 Å². The van der Waals surface area contributed by atoms with Gasteiger partial charge in [0.1, 0.15) is 5.75 Å². The number of benzene rings is 1. The van der Waals surface area contributed by atoms with Crippen molar-refractivity contribution in [3.05, 3.63) is 34.4 Å². The van der Waals surface area contributed by atoms with E-state index in [1.54, 1.807) is 13.0 Å². The van der Waals surface area contributed by atoms with E-state index in [0.717, 1.165) is 25.7 Å². The average Bonchev–Trinajstić information content (AvgIpc) is 2.91. The monoisotopic (exact) mass is 443 g/mol. The second kappa shape index (κ2) is 7.66. The Morgan fingerprint density at radius 1 is 1.23 bits per heavy atom. The minimum absolute atomic E-state index is 0.161. The Morgan fingerprint density at radius 3 is 2.46 bits per heavy atom. The van der Waals surface area contributed by atoms with E-state index in [9.17, 15) is 8.42 Å². The van der Waals surface area contributed by atoms with E-state index in [4.69, 9.17) is 9.26 Å². The first-order valence-corrected chi connectivity index (χ1v) is 10.8. The van der Waals surface area contributed by atoms with Gasteiger partial charge in [-0.3, -0.25) is 0 Å². The molecular formula is C17H22BrN3O4S. The fourth-order valence-electron chi connectivity index (χ4n) is 3.33. The fourth-order valence-corrected chi connectivity index (χ4v) is 5.47. The maximum atomic E-state index is 13.1. The first kappa shape index (κ1) is 19.3.